The summed E-state index contributed by atoms with van der Waals surface area (Å²) in [6, 6.07) is 8.16. The number of hydrogen-bond donors (Lipinski definition) is 1. The van der Waals surface area contributed by atoms with E-state index in [0.29, 0.717) is 0 Å². The molecule has 82 valence electrons. The summed E-state index contributed by atoms with van der Waals surface area (Å²) in [6.07, 6.45) is 0. The number of hydrogen-bond acceptors (Lipinski definition) is 3. The van der Waals surface area contributed by atoms with Crippen LogP contribution >= 0.6 is 0 Å². The van der Waals surface area contributed by atoms with E-state index >= 15 is 0 Å². The lowest BCUT2D eigenvalue weighted by atomic mass is 10.0. The molecule has 3 heteroatoms. The third-order valence-corrected chi connectivity index (χ3v) is 2.89. The zero-order valence-electron chi connectivity index (χ0n) is 9.36. The molecule has 0 bridgehead atoms. The van der Waals surface area contributed by atoms with Gasteiger partial charge in [-0.25, -0.2) is 0 Å². The highest BCUT2D eigenvalue weighted by molar-refractivity contribution is 5.57. The second kappa shape index (κ2) is 4.53. The Morgan fingerprint density at radius 1 is 1.40 bits per heavy atom. The Kier molecular flexibility index (Phi) is 3.11. The van der Waals surface area contributed by atoms with Gasteiger partial charge in [0.05, 0.1) is 12.8 Å². The zero-order chi connectivity index (χ0) is 10.7. The van der Waals surface area contributed by atoms with Crippen molar-refractivity contribution in [3.63, 3.8) is 0 Å². The number of nitrogens with zero attached hydrogens (tertiary/aromatic N) is 1. The van der Waals surface area contributed by atoms with E-state index in [1.807, 2.05) is 18.2 Å². The molecular formula is C12H18N2O. The fraction of sp³-hybridized carbons (Fsp3) is 0.500. The fourth-order valence-electron chi connectivity index (χ4n) is 1.91. The predicted octanol–water partition coefficient (Wildman–Crippen LogP) is 1.35. The van der Waals surface area contributed by atoms with Gasteiger partial charge in [0.25, 0.3) is 0 Å². The Labute approximate surface area is 91.0 Å². The van der Waals surface area contributed by atoms with Gasteiger partial charge < -0.3 is 15.0 Å². The number of ether oxygens (including phenoxy) is 1. The second-order valence-electron chi connectivity index (χ2n) is 4.08. The van der Waals surface area contributed by atoms with Crippen LogP contribution in [0.15, 0.2) is 24.3 Å². The summed E-state index contributed by atoms with van der Waals surface area (Å²) in [7, 11) is 3.84. The van der Waals surface area contributed by atoms with Crippen molar-refractivity contribution in [2.24, 2.45) is 5.92 Å². The standard InChI is InChI=1S/C12H18N2O/c1-14(9-10-7-13-8-10)11-5-3-4-6-12(11)15-2/h3-6,10,13H,7-9H2,1-2H3. The quantitative estimate of drug-likeness (QED) is 0.805. The van der Waals surface area contributed by atoms with Gasteiger partial charge in [-0.2, -0.15) is 0 Å². The third-order valence-electron chi connectivity index (χ3n) is 2.89. The van der Waals surface area contributed by atoms with Crippen LogP contribution in [0.2, 0.25) is 0 Å². The van der Waals surface area contributed by atoms with Crippen LogP contribution in [0.3, 0.4) is 0 Å². The summed E-state index contributed by atoms with van der Waals surface area (Å²) in [4.78, 5) is 2.27. The molecular weight excluding hydrogens is 188 g/mol. The highest BCUT2D eigenvalue weighted by atomic mass is 16.5. The van der Waals surface area contributed by atoms with Gasteiger partial charge in [-0.05, 0) is 12.1 Å². The average Bonchev–Trinajstić information content (AvgIpc) is 2.23. The van der Waals surface area contributed by atoms with Gasteiger partial charge in [0, 0.05) is 32.6 Å². The van der Waals surface area contributed by atoms with Gasteiger partial charge in [0.15, 0.2) is 0 Å². The van der Waals surface area contributed by atoms with Gasteiger partial charge in [-0.3, -0.25) is 0 Å². The number of methoxy groups -OCH3 is 1. The Bertz CT molecular complexity index is 323. The highest BCUT2D eigenvalue weighted by Gasteiger charge is 2.19. The molecule has 0 atom stereocenters. The number of rotatable bonds is 4. The van der Waals surface area contributed by atoms with Crippen LogP contribution in [0, 0.1) is 5.92 Å². The smallest absolute Gasteiger partial charge is 0.142 e. The molecule has 2 rings (SSSR count). The molecule has 1 saturated heterocycles. The summed E-state index contributed by atoms with van der Waals surface area (Å²) in [5.74, 6) is 1.73. The first-order chi connectivity index (χ1) is 7.31. The topological polar surface area (TPSA) is 24.5 Å². The number of benzene rings is 1. The van der Waals surface area contributed by atoms with Gasteiger partial charge >= 0.3 is 0 Å². The number of nitrogens with one attached hydrogen (secondary N) is 1. The van der Waals surface area contributed by atoms with Gasteiger partial charge in [-0.1, -0.05) is 12.1 Å². The summed E-state index contributed by atoms with van der Waals surface area (Å²) in [6.45, 7) is 3.37. The van der Waals surface area contributed by atoms with Crippen molar-refractivity contribution in [1.82, 2.24) is 5.32 Å². The first-order valence-corrected chi connectivity index (χ1v) is 5.36. The van der Waals surface area contributed by atoms with Crippen LogP contribution in [-0.4, -0.2) is 33.8 Å². The van der Waals surface area contributed by atoms with E-state index in [2.05, 4.69) is 23.3 Å². The van der Waals surface area contributed by atoms with Crippen LogP contribution in [0.1, 0.15) is 0 Å². The Hall–Kier alpha value is -1.22. The normalized spacial score (nSPS) is 15.9. The molecule has 0 amide bonds. The van der Waals surface area contributed by atoms with Crippen LogP contribution in [0.25, 0.3) is 0 Å². The molecule has 0 spiro atoms. The largest absolute Gasteiger partial charge is 0.495 e. The van der Waals surface area contributed by atoms with Crippen molar-refractivity contribution in [2.75, 3.05) is 38.7 Å². The third kappa shape index (κ3) is 2.23. The van der Waals surface area contributed by atoms with E-state index in [1.54, 1.807) is 7.11 Å². The summed E-state index contributed by atoms with van der Waals surface area (Å²) in [5.41, 5.74) is 1.17. The highest BCUT2D eigenvalue weighted by Crippen LogP contribution is 2.27. The van der Waals surface area contributed by atoms with Crippen LogP contribution in [0.4, 0.5) is 5.69 Å². The van der Waals surface area contributed by atoms with E-state index in [9.17, 15) is 0 Å². The van der Waals surface area contributed by atoms with E-state index in [0.717, 1.165) is 31.3 Å². The maximum Gasteiger partial charge on any atom is 0.142 e. The van der Waals surface area contributed by atoms with Crippen molar-refractivity contribution in [3.8, 4) is 5.75 Å². The van der Waals surface area contributed by atoms with Crippen LogP contribution in [-0.2, 0) is 0 Å². The SMILES string of the molecule is COc1ccccc1N(C)CC1CNC1. The molecule has 1 heterocycles. The minimum atomic E-state index is 0.778. The van der Waals surface area contributed by atoms with Crippen LogP contribution < -0.4 is 15.0 Å². The first-order valence-electron chi connectivity index (χ1n) is 5.36. The summed E-state index contributed by atoms with van der Waals surface area (Å²) >= 11 is 0. The Balaban J connectivity index is 2.05. The predicted molar refractivity (Wildman–Crippen MR) is 62.6 cm³/mol. The van der Waals surface area contributed by atoms with E-state index in [1.165, 1.54) is 5.69 Å². The lowest BCUT2D eigenvalue weighted by Crippen LogP contribution is -2.47. The minimum absolute atomic E-state index is 0.778. The molecule has 0 aliphatic carbocycles. The molecule has 0 aromatic heterocycles. The Morgan fingerprint density at radius 2 is 2.13 bits per heavy atom. The maximum absolute atomic E-state index is 5.34. The lowest BCUT2D eigenvalue weighted by molar-refractivity contribution is 0.351. The van der Waals surface area contributed by atoms with Crippen LogP contribution in [0.5, 0.6) is 5.75 Å². The zero-order valence-corrected chi connectivity index (χ0v) is 9.36. The molecule has 15 heavy (non-hydrogen) atoms. The number of para-hydroxylation sites is 2. The first kappa shape index (κ1) is 10.3. The molecule has 1 aliphatic heterocycles. The van der Waals surface area contributed by atoms with Crippen molar-refractivity contribution in [3.05, 3.63) is 24.3 Å². The summed E-state index contributed by atoms with van der Waals surface area (Å²) < 4.78 is 5.34. The summed E-state index contributed by atoms with van der Waals surface area (Å²) in [5, 5.41) is 3.29. The fourth-order valence-corrected chi connectivity index (χ4v) is 1.91. The van der Waals surface area contributed by atoms with Gasteiger partial charge in [-0.15, -0.1) is 0 Å². The van der Waals surface area contributed by atoms with Gasteiger partial charge in [0.1, 0.15) is 5.75 Å². The minimum Gasteiger partial charge on any atom is -0.495 e. The van der Waals surface area contributed by atoms with Crippen molar-refractivity contribution in [1.29, 1.82) is 0 Å². The second-order valence-corrected chi connectivity index (χ2v) is 4.08. The molecule has 0 radical (unpaired) electrons. The van der Waals surface area contributed by atoms with E-state index in [4.69, 9.17) is 4.74 Å². The monoisotopic (exact) mass is 206 g/mol. The molecule has 1 aromatic carbocycles. The molecule has 3 nitrogen and oxygen atoms in total. The molecule has 1 aromatic rings. The van der Waals surface area contributed by atoms with E-state index in [-0.39, 0.29) is 0 Å². The van der Waals surface area contributed by atoms with Crippen molar-refractivity contribution < 1.29 is 4.74 Å². The van der Waals surface area contributed by atoms with Gasteiger partial charge in [0.2, 0.25) is 0 Å². The molecule has 0 saturated carbocycles. The molecule has 0 unspecified atom stereocenters. The van der Waals surface area contributed by atoms with Crippen molar-refractivity contribution >= 4 is 5.69 Å². The maximum atomic E-state index is 5.34. The van der Waals surface area contributed by atoms with E-state index < -0.39 is 0 Å². The molecule has 1 N–H and O–H groups in total. The Morgan fingerprint density at radius 3 is 2.73 bits per heavy atom. The van der Waals surface area contributed by atoms with Crippen molar-refractivity contribution in [2.45, 2.75) is 0 Å². The molecule has 1 aliphatic rings. The lowest BCUT2D eigenvalue weighted by Gasteiger charge is -2.32. The molecule has 1 fully saturated rings. The number of anilines is 1. The average molecular weight is 206 g/mol.